The largest absolute Gasteiger partial charge is 0.477 e. The standard InChI is InChI=1S/C31H33N5O4/c1-5-35(6-2)29-33-19(3)17-24(34-29)39-16-15-31-14-13-30(4,40-31)25-26(31)28(38)36(27(25)37)23-12-11-20(18-32)21-9-7-8-10-22(21)23/h7-12,17,25-26H,5-6,13-16H2,1-4H3. The van der Waals surface area contributed by atoms with Crippen molar-refractivity contribution in [2.75, 3.05) is 29.5 Å². The van der Waals surface area contributed by atoms with E-state index < -0.39 is 23.0 Å². The third kappa shape index (κ3) is 3.85. The maximum absolute atomic E-state index is 14.1. The molecule has 0 radical (unpaired) electrons. The number of carbonyl (C=O) groups is 2. The average Bonchev–Trinajstić information content (AvgIpc) is 3.52. The van der Waals surface area contributed by atoms with E-state index >= 15 is 0 Å². The van der Waals surface area contributed by atoms with Gasteiger partial charge in [-0.1, -0.05) is 24.3 Å². The summed E-state index contributed by atoms with van der Waals surface area (Å²) in [5, 5.41) is 11.0. The number of aromatic nitrogens is 2. The highest BCUT2D eigenvalue weighted by molar-refractivity contribution is 6.26. The van der Waals surface area contributed by atoms with Crippen molar-refractivity contribution in [1.82, 2.24) is 9.97 Å². The van der Waals surface area contributed by atoms with E-state index in [-0.39, 0.29) is 11.8 Å². The molecule has 1 aromatic heterocycles. The first-order valence-corrected chi connectivity index (χ1v) is 14.0. The highest BCUT2D eigenvalue weighted by Crippen LogP contribution is 2.62. The minimum absolute atomic E-state index is 0.231. The van der Waals surface area contributed by atoms with Crippen LogP contribution in [0.3, 0.4) is 0 Å². The van der Waals surface area contributed by atoms with E-state index in [1.807, 2.05) is 44.2 Å². The Balaban J connectivity index is 1.28. The van der Waals surface area contributed by atoms with Gasteiger partial charge in [0, 0.05) is 42.0 Å². The summed E-state index contributed by atoms with van der Waals surface area (Å²) in [5.74, 6) is -0.500. The molecule has 9 nitrogen and oxygen atoms in total. The number of hydrogen-bond donors (Lipinski definition) is 0. The summed E-state index contributed by atoms with van der Waals surface area (Å²) in [7, 11) is 0. The molecular weight excluding hydrogens is 506 g/mol. The zero-order chi connectivity index (χ0) is 28.2. The molecule has 0 spiro atoms. The molecule has 9 heteroatoms. The lowest BCUT2D eigenvalue weighted by atomic mass is 9.67. The molecule has 2 amide bonds. The molecule has 3 aliphatic heterocycles. The Morgan fingerprint density at radius 1 is 1.07 bits per heavy atom. The minimum atomic E-state index is -0.785. The Kier molecular flexibility index (Phi) is 6.26. The molecule has 4 heterocycles. The monoisotopic (exact) mass is 539 g/mol. The van der Waals surface area contributed by atoms with E-state index in [9.17, 15) is 14.9 Å². The molecule has 6 rings (SSSR count). The summed E-state index contributed by atoms with van der Waals surface area (Å²) < 4.78 is 12.7. The van der Waals surface area contributed by atoms with Crippen LogP contribution >= 0.6 is 0 Å². The first-order chi connectivity index (χ1) is 19.2. The molecule has 2 bridgehead atoms. The Labute approximate surface area is 233 Å². The van der Waals surface area contributed by atoms with E-state index in [0.29, 0.717) is 54.3 Å². The van der Waals surface area contributed by atoms with Gasteiger partial charge in [-0.25, -0.2) is 9.88 Å². The van der Waals surface area contributed by atoms with Crippen LogP contribution < -0.4 is 14.5 Å². The summed E-state index contributed by atoms with van der Waals surface area (Å²) in [6.07, 6.45) is 1.85. The van der Waals surface area contributed by atoms with Crippen LogP contribution in [0.15, 0.2) is 42.5 Å². The second-order valence-corrected chi connectivity index (χ2v) is 11.2. The number of hydrogen-bond acceptors (Lipinski definition) is 8. The van der Waals surface area contributed by atoms with Gasteiger partial charge in [0.05, 0.1) is 47.0 Å². The third-order valence-corrected chi connectivity index (χ3v) is 8.91. The van der Waals surface area contributed by atoms with Gasteiger partial charge in [-0.05, 0) is 52.7 Å². The summed E-state index contributed by atoms with van der Waals surface area (Å²) >= 11 is 0. The highest BCUT2D eigenvalue weighted by Gasteiger charge is 2.73. The molecule has 206 valence electrons. The van der Waals surface area contributed by atoms with Crippen molar-refractivity contribution < 1.29 is 19.1 Å². The first-order valence-electron chi connectivity index (χ1n) is 14.0. The Morgan fingerprint density at radius 2 is 1.80 bits per heavy atom. The van der Waals surface area contributed by atoms with Crippen molar-refractivity contribution in [3.05, 3.63) is 53.7 Å². The van der Waals surface area contributed by atoms with Crippen LogP contribution in [0.4, 0.5) is 11.6 Å². The predicted molar refractivity (Wildman–Crippen MR) is 150 cm³/mol. The maximum Gasteiger partial charge on any atom is 0.240 e. The van der Waals surface area contributed by atoms with Crippen LogP contribution in [-0.2, 0) is 14.3 Å². The lowest BCUT2D eigenvalue weighted by molar-refractivity contribution is -0.131. The van der Waals surface area contributed by atoms with Crippen molar-refractivity contribution in [1.29, 1.82) is 5.26 Å². The number of benzene rings is 2. The van der Waals surface area contributed by atoms with E-state index in [1.54, 1.807) is 12.1 Å². The fourth-order valence-electron chi connectivity index (χ4n) is 7.00. The van der Waals surface area contributed by atoms with Gasteiger partial charge in [0.1, 0.15) is 0 Å². The number of carbonyl (C=O) groups excluding carboxylic acids is 2. The summed E-state index contributed by atoms with van der Waals surface area (Å²) in [6, 6.07) is 14.8. The Hall–Kier alpha value is -4.03. The molecule has 40 heavy (non-hydrogen) atoms. The molecule has 3 fully saturated rings. The van der Waals surface area contributed by atoms with Crippen LogP contribution in [0.5, 0.6) is 5.88 Å². The quantitative estimate of drug-likeness (QED) is 0.384. The van der Waals surface area contributed by atoms with Crippen LogP contribution in [-0.4, -0.2) is 52.7 Å². The number of fused-ring (bicyclic) bond motifs is 6. The van der Waals surface area contributed by atoms with Gasteiger partial charge in [0.2, 0.25) is 23.6 Å². The normalized spacial score (nSPS) is 26.8. The van der Waals surface area contributed by atoms with Crippen LogP contribution in [0.25, 0.3) is 10.8 Å². The van der Waals surface area contributed by atoms with Crippen molar-refractivity contribution >= 4 is 34.2 Å². The number of nitrogens with zero attached hydrogens (tertiary/aromatic N) is 5. The molecule has 3 aromatic rings. The summed E-state index contributed by atoms with van der Waals surface area (Å²) in [6.45, 7) is 9.87. The fraction of sp³-hybridized carbons (Fsp3) is 0.452. The Morgan fingerprint density at radius 3 is 2.52 bits per heavy atom. The van der Waals surface area contributed by atoms with Gasteiger partial charge in [0.25, 0.3) is 0 Å². The number of aryl methyl sites for hydroxylation is 1. The van der Waals surface area contributed by atoms with Gasteiger partial charge in [-0.15, -0.1) is 0 Å². The third-order valence-electron chi connectivity index (χ3n) is 8.91. The van der Waals surface area contributed by atoms with Gasteiger partial charge in [-0.2, -0.15) is 10.2 Å². The Bertz CT molecular complexity index is 1560. The molecule has 2 aromatic carbocycles. The van der Waals surface area contributed by atoms with Crippen molar-refractivity contribution in [3.8, 4) is 11.9 Å². The van der Waals surface area contributed by atoms with Crippen LogP contribution in [0.2, 0.25) is 0 Å². The second kappa shape index (κ2) is 9.56. The maximum atomic E-state index is 14.1. The van der Waals surface area contributed by atoms with Crippen molar-refractivity contribution in [2.45, 2.75) is 58.2 Å². The second-order valence-electron chi connectivity index (χ2n) is 11.2. The number of nitriles is 1. The number of anilines is 2. The molecular formula is C31H33N5O4. The van der Waals surface area contributed by atoms with Gasteiger partial charge < -0.3 is 14.4 Å². The smallest absolute Gasteiger partial charge is 0.240 e. The summed E-state index contributed by atoms with van der Waals surface area (Å²) in [5.41, 5.74) is 0.348. The van der Waals surface area contributed by atoms with Gasteiger partial charge in [-0.3, -0.25) is 9.59 Å². The predicted octanol–water partition coefficient (Wildman–Crippen LogP) is 4.55. The van der Waals surface area contributed by atoms with E-state index in [1.165, 1.54) is 4.90 Å². The lowest BCUT2D eigenvalue weighted by Gasteiger charge is -2.31. The number of amides is 2. The minimum Gasteiger partial charge on any atom is -0.477 e. The van der Waals surface area contributed by atoms with E-state index in [4.69, 9.17) is 9.47 Å². The summed E-state index contributed by atoms with van der Waals surface area (Å²) in [4.78, 5) is 40.6. The van der Waals surface area contributed by atoms with Crippen molar-refractivity contribution in [2.24, 2.45) is 11.8 Å². The number of rotatable bonds is 8. The first kappa shape index (κ1) is 26.2. The van der Waals surface area contributed by atoms with Gasteiger partial charge >= 0.3 is 0 Å². The SMILES string of the molecule is CCN(CC)c1nc(C)cc(OCCC23CCC(C)(O2)C2C(=O)N(c4ccc(C#N)c5ccccc45)C(=O)C23)n1. The molecule has 4 unspecified atom stereocenters. The van der Waals surface area contributed by atoms with E-state index in [2.05, 4.69) is 34.8 Å². The van der Waals surface area contributed by atoms with Crippen LogP contribution in [0.1, 0.15) is 51.3 Å². The number of imide groups is 1. The molecule has 0 aliphatic carbocycles. The van der Waals surface area contributed by atoms with E-state index in [0.717, 1.165) is 24.2 Å². The highest BCUT2D eigenvalue weighted by atomic mass is 16.5. The molecule has 0 N–H and O–H groups in total. The fourth-order valence-corrected chi connectivity index (χ4v) is 7.00. The molecule has 0 saturated carbocycles. The average molecular weight is 540 g/mol. The van der Waals surface area contributed by atoms with Crippen molar-refractivity contribution in [3.63, 3.8) is 0 Å². The van der Waals surface area contributed by atoms with Crippen LogP contribution in [0, 0.1) is 30.1 Å². The zero-order valence-corrected chi connectivity index (χ0v) is 23.3. The number of ether oxygens (including phenoxy) is 2. The van der Waals surface area contributed by atoms with Gasteiger partial charge in [0.15, 0.2) is 0 Å². The molecule has 4 atom stereocenters. The zero-order valence-electron chi connectivity index (χ0n) is 23.3. The topological polar surface area (TPSA) is 109 Å². The lowest BCUT2D eigenvalue weighted by Crippen LogP contribution is -2.43. The molecule has 3 aliphatic rings. The molecule has 3 saturated heterocycles.